The molecular weight excluding hydrogens is 411 g/mol. The third kappa shape index (κ3) is 4.65. The van der Waals surface area contributed by atoms with E-state index < -0.39 is 18.0 Å². The van der Waals surface area contributed by atoms with Crippen LogP contribution in [0.2, 0.25) is 0 Å². The zero-order chi connectivity index (χ0) is 23.0. The molecule has 7 nitrogen and oxygen atoms in total. The van der Waals surface area contributed by atoms with Crippen molar-refractivity contribution in [3.8, 4) is 5.69 Å². The Balaban J connectivity index is 1.67. The number of rotatable bonds is 3. The first-order valence-corrected chi connectivity index (χ1v) is 11.5. The molecule has 1 aromatic carbocycles. The zero-order valence-electron chi connectivity index (χ0n) is 19.5. The van der Waals surface area contributed by atoms with E-state index >= 15 is 4.39 Å². The van der Waals surface area contributed by atoms with Crippen molar-refractivity contribution in [2.75, 3.05) is 0 Å². The molecule has 2 aromatic rings. The summed E-state index contributed by atoms with van der Waals surface area (Å²) < 4.78 is 29.0. The molecule has 0 radical (unpaired) electrons. The van der Waals surface area contributed by atoms with Crippen molar-refractivity contribution in [1.29, 1.82) is 0 Å². The molecule has 0 N–H and O–H groups in total. The molecule has 2 heterocycles. The lowest BCUT2D eigenvalue weighted by Gasteiger charge is -2.29. The summed E-state index contributed by atoms with van der Waals surface area (Å²) in [6.07, 6.45) is 1.70. The Morgan fingerprint density at radius 1 is 1.09 bits per heavy atom. The van der Waals surface area contributed by atoms with Gasteiger partial charge >= 0.3 is 6.09 Å². The molecule has 0 spiro atoms. The molecule has 2 aliphatic rings. The summed E-state index contributed by atoms with van der Waals surface area (Å²) in [7, 11) is 0. The van der Waals surface area contributed by atoms with Gasteiger partial charge in [0.2, 0.25) is 6.30 Å². The second-order valence-corrected chi connectivity index (χ2v) is 9.98. The maximum atomic E-state index is 15.8. The molecule has 1 aliphatic carbocycles. The highest BCUT2D eigenvalue weighted by Crippen LogP contribution is 2.39. The summed E-state index contributed by atoms with van der Waals surface area (Å²) in [5.41, 5.74) is 0.924. The quantitative estimate of drug-likeness (QED) is 0.590. The van der Waals surface area contributed by atoms with E-state index in [2.05, 4.69) is 24.0 Å². The maximum Gasteiger partial charge on any atom is 0.413 e. The van der Waals surface area contributed by atoms with Crippen LogP contribution in [-0.2, 0) is 16.0 Å². The highest BCUT2D eigenvalue weighted by Gasteiger charge is 2.38. The number of alkyl halides is 1. The fraction of sp³-hybridized carbons (Fsp3) is 0.625. The SMILES string of the molecule is CC(C)OC1CCC(c2nnc3n2-c2ccccc2CN(C(=O)OC(C)(C)C)C3F)CC1. The van der Waals surface area contributed by atoms with Crippen molar-refractivity contribution >= 4 is 6.09 Å². The third-order valence-electron chi connectivity index (χ3n) is 5.90. The van der Waals surface area contributed by atoms with Crippen LogP contribution in [0.4, 0.5) is 9.18 Å². The van der Waals surface area contributed by atoms with Crippen molar-refractivity contribution in [3.63, 3.8) is 0 Å². The van der Waals surface area contributed by atoms with E-state index in [-0.39, 0.29) is 30.5 Å². The van der Waals surface area contributed by atoms with Crippen molar-refractivity contribution < 1.29 is 18.7 Å². The maximum absolute atomic E-state index is 15.8. The van der Waals surface area contributed by atoms with Crippen LogP contribution < -0.4 is 0 Å². The fourth-order valence-corrected chi connectivity index (χ4v) is 4.56. The van der Waals surface area contributed by atoms with E-state index in [1.165, 1.54) is 0 Å². The molecule has 1 saturated carbocycles. The molecule has 1 aromatic heterocycles. The number of carbonyl (C=O) groups excluding carboxylic acids is 1. The van der Waals surface area contributed by atoms with Crippen molar-refractivity contribution in [1.82, 2.24) is 19.7 Å². The molecule has 8 heteroatoms. The van der Waals surface area contributed by atoms with Gasteiger partial charge in [-0.1, -0.05) is 18.2 Å². The second kappa shape index (κ2) is 8.81. The van der Waals surface area contributed by atoms with E-state index in [1.54, 1.807) is 20.8 Å². The summed E-state index contributed by atoms with van der Waals surface area (Å²) in [6.45, 7) is 9.51. The lowest BCUT2D eigenvalue weighted by Crippen LogP contribution is -2.37. The van der Waals surface area contributed by atoms with E-state index in [1.807, 2.05) is 28.8 Å². The number of nitrogens with zero attached hydrogens (tertiary/aromatic N) is 4. The second-order valence-electron chi connectivity index (χ2n) is 9.98. The standard InChI is InChI=1S/C24H33FN4O3/c1-15(2)31-18-12-10-16(11-13-18)21-26-27-22-20(25)28(23(30)32-24(3,4)5)14-17-8-6-7-9-19(17)29(21)22/h6-9,15-16,18,20H,10-14H2,1-5H3. The molecule has 32 heavy (non-hydrogen) atoms. The largest absolute Gasteiger partial charge is 0.444 e. The van der Waals surface area contributed by atoms with Crippen molar-refractivity contribution in [2.45, 2.75) is 96.9 Å². The van der Waals surface area contributed by atoms with E-state index in [0.717, 1.165) is 47.7 Å². The molecule has 1 atom stereocenters. The normalized spacial score (nSPS) is 23.5. The number of hydrogen-bond acceptors (Lipinski definition) is 5. The third-order valence-corrected chi connectivity index (χ3v) is 5.90. The van der Waals surface area contributed by atoms with Gasteiger partial charge in [-0.05, 0) is 71.9 Å². The lowest BCUT2D eigenvalue weighted by molar-refractivity contribution is -0.0153. The predicted octanol–water partition coefficient (Wildman–Crippen LogP) is 5.44. The Labute approximate surface area is 188 Å². The minimum absolute atomic E-state index is 0.101. The topological polar surface area (TPSA) is 69.5 Å². The average Bonchev–Trinajstić information content (AvgIpc) is 3.10. The molecule has 1 unspecified atom stereocenters. The molecular formula is C24H33FN4O3. The van der Waals surface area contributed by atoms with Crippen LogP contribution in [0.25, 0.3) is 5.69 Å². The van der Waals surface area contributed by atoms with Gasteiger partial charge in [0, 0.05) is 5.92 Å². The fourth-order valence-electron chi connectivity index (χ4n) is 4.56. The Bertz CT molecular complexity index is 960. The summed E-state index contributed by atoms with van der Waals surface area (Å²) in [5.74, 6) is 1.04. The number of halogens is 1. The smallest absolute Gasteiger partial charge is 0.413 e. The van der Waals surface area contributed by atoms with Gasteiger partial charge in [0.25, 0.3) is 0 Å². The zero-order valence-corrected chi connectivity index (χ0v) is 19.5. The summed E-state index contributed by atoms with van der Waals surface area (Å²) >= 11 is 0. The van der Waals surface area contributed by atoms with E-state index in [9.17, 15) is 4.79 Å². The van der Waals surface area contributed by atoms with E-state index in [4.69, 9.17) is 9.47 Å². The van der Waals surface area contributed by atoms with Crippen LogP contribution in [0.1, 0.15) is 89.7 Å². The number of para-hydroxylation sites is 1. The Morgan fingerprint density at radius 2 is 1.75 bits per heavy atom. The highest BCUT2D eigenvalue weighted by molar-refractivity contribution is 5.69. The van der Waals surface area contributed by atoms with Crippen LogP contribution in [0.15, 0.2) is 24.3 Å². The van der Waals surface area contributed by atoms with Crippen molar-refractivity contribution in [2.24, 2.45) is 0 Å². The Morgan fingerprint density at radius 3 is 2.41 bits per heavy atom. The molecule has 1 aliphatic heterocycles. The van der Waals surface area contributed by atoms with Gasteiger partial charge in [-0.25, -0.2) is 9.18 Å². The summed E-state index contributed by atoms with van der Waals surface area (Å²) in [4.78, 5) is 13.9. The highest BCUT2D eigenvalue weighted by atomic mass is 19.1. The molecule has 4 rings (SSSR count). The molecule has 0 bridgehead atoms. The van der Waals surface area contributed by atoms with Gasteiger partial charge in [-0.2, -0.15) is 0 Å². The van der Waals surface area contributed by atoms with E-state index in [0.29, 0.717) is 0 Å². The Kier molecular flexibility index (Phi) is 6.25. The number of aromatic nitrogens is 3. The van der Waals surface area contributed by atoms with Gasteiger partial charge in [-0.15, -0.1) is 10.2 Å². The number of hydrogen-bond donors (Lipinski definition) is 0. The van der Waals surface area contributed by atoms with Crippen LogP contribution in [0, 0.1) is 0 Å². The molecule has 1 amide bonds. The number of fused-ring (bicyclic) bond motifs is 3. The van der Waals surface area contributed by atoms with Gasteiger partial charge in [-0.3, -0.25) is 9.47 Å². The lowest BCUT2D eigenvalue weighted by atomic mass is 9.86. The molecule has 174 valence electrons. The van der Waals surface area contributed by atoms with Gasteiger partial charge in [0.15, 0.2) is 5.82 Å². The minimum Gasteiger partial charge on any atom is -0.444 e. The van der Waals surface area contributed by atoms with Crippen LogP contribution in [0.5, 0.6) is 0 Å². The summed E-state index contributed by atoms with van der Waals surface area (Å²) in [6, 6.07) is 7.65. The molecule has 1 fully saturated rings. The van der Waals surface area contributed by atoms with Crippen LogP contribution in [0.3, 0.4) is 0 Å². The first-order valence-electron chi connectivity index (χ1n) is 11.5. The van der Waals surface area contributed by atoms with Gasteiger partial charge in [0.05, 0.1) is 24.4 Å². The first kappa shape index (κ1) is 22.7. The van der Waals surface area contributed by atoms with Crippen LogP contribution in [-0.4, -0.2) is 43.6 Å². The number of amides is 1. The van der Waals surface area contributed by atoms with Crippen LogP contribution >= 0.6 is 0 Å². The average molecular weight is 445 g/mol. The number of benzene rings is 1. The monoisotopic (exact) mass is 444 g/mol. The molecule has 0 saturated heterocycles. The van der Waals surface area contributed by atoms with Gasteiger partial charge < -0.3 is 9.47 Å². The number of carbonyl (C=O) groups is 1. The minimum atomic E-state index is -1.75. The van der Waals surface area contributed by atoms with Crippen molar-refractivity contribution in [3.05, 3.63) is 41.5 Å². The summed E-state index contributed by atoms with van der Waals surface area (Å²) in [5, 5.41) is 8.65. The first-order chi connectivity index (χ1) is 15.1. The van der Waals surface area contributed by atoms with Gasteiger partial charge in [0.1, 0.15) is 11.4 Å². The predicted molar refractivity (Wildman–Crippen MR) is 118 cm³/mol. The Hall–Kier alpha value is -2.48. The number of ether oxygens (including phenoxy) is 2.